The summed E-state index contributed by atoms with van der Waals surface area (Å²) in [6, 6.07) is 0. The van der Waals surface area contributed by atoms with Crippen molar-refractivity contribution in [1.29, 1.82) is 0 Å². The lowest BCUT2D eigenvalue weighted by atomic mass is 10.3. The first-order chi connectivity index (χ1) is 4.26. The Morgan fingerprint density at radius 1 is 1.78 bits per heavy atom. The molecule has 0 aliphatic carbocycles. The van der Waals surface area contributed by atoms with Crippen LogP contribution in [0.25, 0.3) is 5.41 Å². The van der Waals surface area contributed by atoms with Crippen LogP contribution in [0.15, 0.2) is 5.57 Å². The molecule has 0 bridgehead atoms. The minimum atomic E-state index is -0.896. The second kappa shape index (κ2) is 3.57. The van der Waals surface area contributed by atoms with E-state index in [2.05, 4.69) is 4.74 Å². The molecule has 0 amide bonds. The zero-order chi connectivity index (χ0) is 7.28. The molecule has 0 saturated heterocycles. The summed E-state index contributed by atoms with van der Waals surface area (Å²) in [5.74, 6) is 0.481. The van der Waals surface area contributed by atoms with E-state index in [1.165, 1.54) is 5.87 Å². The molecule has 0 unspecified atom stereocenters. The summed E-state index contributed by atoms with van der Waals surface area (Å²) in [5, 5.41) is 8.01. The third-order valence-electron chi connectivity index (χ3n) is 0.644. The first kappa shape index (κ1) is 7.59. The van der Waals surface area contributed by atoms with Crippen molar-refractivity contribution < 1.29 is 14.3 Å². The van der Waals surface area contributed by atoms with Gasteiger partial charge in [0.25, 0.3) is 0 Å². The normalized spacial score (nSPS) is 7.22. The van der Waals surface area contributed by atoms with Gasteiger partial charge in [0.05, 0.1) is 7.11 Å². The van der Waals surface area contributed by atoms with Gasteiger partial charge in [-0.15, -0.1) is 0 Å². The van der Waals surface area contributed by atoms with Crippen LogP contribution in [-0.2, 0) is 14.3 Å². The SMILES string of the molecule is COC(=O)C(=C=[N-])C=O. The summed E-state index contributed by atoms with van der Waals surface area (Å²) < 4.78 is 4.06. The third kappa shape index (κ3) is 1.88. The quantitative estimate of drug-likeness (QED) is 0.125. The van der Waals surface area contributed by atoms with Crippen molar-refractivity contribution in [1.82, 2.24) is 0 Å². The van der Waals surface area contributed by atoms with Gasteiger partial charge in [-0.25, -0.2) is 4.79 Å². The van der Waals surface area contributed by atoms with Crippen LogP contribution in [0.4, 0.5) is 0 Å². The van der Waals surface area contributed by atoms with Gasteiger partial charge in [0.15, 0.2) is 6.29 Å². The Morgan fingerprint density at radius 2 is 2.33 bits per heavy atom. The van der Waals surface area contributed by atoms with E-state index in [0.29, 0.717) is 0 Å². The van der Waals surface area contributed by atoms with Crippen LogP contribution in [0.3, 0.4) is 0 Å². The Morgan fingerprint density at radius 3 is 2.44 bits per heavy atom. The molecule has 0 aliphatic heterocycles. The van der Waals surface area contributed by atoms with Gasteiger partial charge in [-0.1, -0.05) is 0 Å². The summed E-state index contributed by atoms with van der Waals surface area (Å²) in [4.78, 5) is 20.0. The number of hydrogen-bond donors (Lipinski definition) is 0. The molecule has 0 radical (unpaired) electrons. The highest BCUT2D eigenvalue weighted by atomic mass is 16.5. The number of carbonyl (C=O) groups excluding carboxylic acids is 2. The van der Waals surface area contributed by atoms with E-state index in [1.54, 1.807) is 0 Å². The van der Waals surface area contributed by atoms with Crippen LogP contribution in [0.2, 0.25) is 0 Å². The Labute approximate surface area is 51.6 Å². The minimum absolute atomic E-state index is 0.159. The van der Waals surface area contributed by atoms with Crippen molar-refractivity contribution in [2.24, 2.45) is 0 Å². The van der Waals surface area contributed by atoms with Crippen molar-refractivity contribution >= 4 is 18.1 Å². The summed E-state index contributed by atoms with van der Waals surface area (Å²) in [6.45, 7) is 0. The first-order valence-corrected chi connectivity index (χ1v) is 2.06. The Bertz CT molecular complexity index is 179. The molecule has 0 atom stereocenters. The predicted molar refractivity (Wildman–Crippen MR) is 30.0 cm³/mol. The van der Waals surface area contributed by atoms with E-state index >= 15 is 0 Å². The predicted octanol–water partition coefficient (Wildman–Crippen LogP) is -0.476. The highest BCUT2D eigenvalue weighted by molar-refractivity contribution is 6.15. The van der Waals surface area contributed by atoms with Crippen molar-refractivity contribution in [3.63, 3.8) is 0 Å². The van der Waals surface area contributed by atoms with Crippen LogP contribution in [0, 0.1) is 0 Å². The molecular formula is C5H4NO3-. The summed E-state index contributed by atoms with van der Waals surface area (Å²) >= 11 is 0. The fraction of sp³-hybridized carbons (Fsp3) is 0.200. The fourth-order valence-corrected chi connectivity index (χ4v) is 0.230. The number of rotatable bonds is 2. The van der Waals surface area contributed by atoms with E-state index in [4.69, 9.17) is 5.41 Å². The number of nitrogens with zero attached hydrogens (tertiary/aromatic N) is 1. The molecule has 48 valence electrons. The van der Waals surface area contributed by atoms with E-state index in [-0.39, 0.29) is 6.29 Å². The zero-order valence-corrected chi connectivity index (χ0v) is 4.75. The fourth-order valence-electron chi connectivity index (χ4n) is 0.230. The van der Waals surface area contributed by atoms with Crippen molar-refractivity contribution in [2.45, 2.75) is 0 Å². The molecule has 0 aliphatic rings. The van der Waals surface area contributed by atoms with Crippen LogP contribution in [0.1, 0.15) is 0 Å². The van der Waals surface area contributed by atoms with E-state index in [9.17, 15) is 9.59 Å². The average molecular weight is 126 g/mol. The van der Waals surface area contributed by atoms with Gasteiger partial charge in [-0.3, -0.25) is 10.7 Å². The number of methoxy groups -OCH3 is 1. The lowest BCUT2D eigenvalue weighted by Crippen LogP contribution is -2.05. The standard InChI is InChI=1S/C5H4NO3/c1-9-5(8)4(2-6)3-7/h3H,1H3/q-1. The topological polar surface area (TPSA) is 65.7 Å². The van der Waals surface area contributed by atoms with Crippen LogP contribution in [0.5, 0.6) is 0 Å². The van der Waals surface area contributed by atoms with Crippen LogP contribution < -0.4 is 0 Å². The molecule has 0 heterocycles. The van der Waals surface area contributed by atoms with Gasteiger partial charge in [-0.05, 0) is 0 Å². The third-order valence-corrected chi connectivity index (χ3v) is 0.644. The second-order valence-corrected chi connectivity index (χ2v) is 1.13. The summed E-state index contributed by atoms with van der Waals surface area (Å²) in [5.41, 5.74) is -0.516. The molecular weight excluding hydrogens is 122 g/mol. The summed E-state index contributed by atoms with van der Waals surface area (Å²) in [6.07, 6.45) is 0.159. The average Bonchev–Trinajstić information content (AvgIpc) is 1.90. The highest BCUT2D eigenvalue weighted by Gasteiger charge is 2.02. The molecule has 9 heavy (non-hydrogen) atoms. The number of carbonyl (C=O) groups is 2. The largest absolute Gasteiger partial charge is 0.762 e. The zero-order valence-electron chi connectivity index (χ0n) is 4.75. The maximum atomic E-state index is 10.3. The number of aldehydes is 1. The molecule has 0 rings (SSSR count). The number of hydrogen-bond acceptors (Lipinski definition) is 3. The first-order valence-electron chi connectivity index (χ1n) is 2.06. The van der Waals surface area contributed by atoms with Crippen LogP contribution in [-0.4, -0.2) is 25.2 Å². The van der Waals surface area contributed by atoms with E-state index in [1.807, 2.05) is 0 Å². The molecule has 0 aromatic heterocycles. The van der Waals surface area contributed by atoms with Crippen LogP contribution >= 0.6 is 0 Å². The van der Waals surface area contributed by atoms with Crippen molar-refractivity contribution in [2.75, 3.05) is 7.11 Å². The van der Waals surface area contributed by atoms with Gasteiger partial charge in [0.1, 0.15) is 5.57 Å². The lowest BCUT2D eigenvalue weighted by molar-refractivity contribution is -0.136. The number of ether oxygens (including phenoxy) is 1. The molecule has 0 saturated carbocycles. The summed E-state index contributed by atoms with van der Waals surface area (Å²) in [7, 11) is 1.10. The lowest BCUT2D eigenvalue weighted by Gasteiger charge is -1.92. The van der Waals surface area contributed by atoms with Gasteiger partial charge in [0, 0.05) is 0 Å². The second-order valence-electron chi connectivity index (χ2n) is 1.13. The molecule has 0 spiro atoms. The molecule has 0 aromatic rings. The maximum Gasteiger partial charge on any atom is 0.347 e. The monoisotopic (exact) mass is 126 g/mol. The molecule has 4 nitrogen and oxygen atoms in total. The van der Waals surface area contributed by atoms with Gasteiger partial charge in [-0.2, -0.15) is 0 Å². The Kier molecular flexibility index (Phi) is 3.01. The van der Waals surface area contributed by atoms with Crippen molar-refractivity contribution in [3.8, 4) is 0 Å². The molecule has 0 aromatic carbocycles. The minimum Gasteiger partial charge on any atom is -0.762 e. The highest BCUT2D eigenvalue weighted by Crippen LogP contribution is 1.84. The smallest absolute Gasteiger partial charge is 0.347 e. The van der Waals surface area contributed by atoms with E-state index < -0.39 is 11.5 Å². The van der Waals surface area contributed by atoms with E-state index in [0.717, 1.165) is 7.11 Å². The Balaban J connectivity index is 4.32. The van der Waals surface area contributed by atoms with Gasteiger partial charge >= 0.3 is 5.97 Å². The Hall–Kier alpha value is -1.41. The van der Waals surface area contributed by atoms with Crippen molar-refractivity contribution in [3.05, 3.63) is 11.0 Å². The van der Waals surface area contributed by atoms with Gasteiger partial charge < -0.3 is 10.1 Å². The number of esters is 1. The molecule has 4 heteroatoms. The maximum absolute atomic E-state index is 10.3. The van der Waals surface area contributed by atoms with Gasteiger partial charge in [0.2, 0.25) is 0 Å². The molecule has 0 N–H and O–H groups in total. The molecule has 0 fully saturated rings.